The van der Waals surface area contributed by atoms with Crippen molar-refractivity contribution < 1.29 is 9.53 Å². The third kappa shape index (κ3) is 3.02. The van der Waals surface area contributed by atoms with Crippen LogP contribution in [0, 0.1) is 11.3 Å². The minimum Gasteiger partial charge on any atom is -0.378 e. The van der Waals surface area contributed by atoms with E-state index in [1.54, 1.807) is 16.4 Å². The van der Waals surface area contributed by atoms with E-state index in [-0.39, 0.29) is 17.6 Å². The Morgan fingerprint density at radius 3 is 2.90 bits per heavy atom. The second-order valence-electron chi connectivity index (χ2n) is 4.27. The molecule has 108 valence electrons. The van der Waals surface area contributed by atoms with Crippen LogP contribution >= 0.6 is 11.8 Å². The molecule has 1 unspecified atom stereocenters. The Morgan fingerprint density at radius 2 is 2.25 bits per heavy atom. The molecule has 1 amide bonds. The summed E-state index contributed by atoms with van der Waals surface area (Å²) in [6.45, 7) is 4.00. The van der Waals surface area contributed by atoms with Crippen molar-refractivity contribution in [3.63, 3.8) is 0 Å². The number of nitrogens with two attached hydrogens (primary N) is 1. The molecule has 1 aromatic heterocycles. The number of morpholine rings is 1. The highest BCUT2D eigenvalue weighted by molar-refractivity contribution is 7.99. The van der Waals surface area contributed by atoms with Gasteiger partial charge in [0.2, 0.25) is 11.9 Å². The first kappa shape index (κ1) is 14.6. The van der Waals surface area contributed by atoms with Crippen LogP contribution < -0.4 is 5.73 Å². The lowest BCUT2D eigenvalue weighted by molar-refractivity contribution is -0.138. The molecule has 1 aliphatic heterocycles. The number of ether oxygens (including phenoxy) is 1. The molecule has 0 bridgehead atoms. The zero-order valence-electron chi connectivity index (χ0n) is 11.2. The van der Waals surface area contributed by atoms with Gasteiger partial charge in [-0.25, -0.2) is 0 Å². The highest BCUT2D eigenvalue weighted by Gasteiger charge is 2.27. The average molecular weight is 296 g/mol. The van der Waals surface area contributed by atoms with Gasteiger partial charge in [0.1, 0.15) is 6.04 Å². The first-order chi connectivity index (χ1) is 9.65. The third-order valence-corrected chi connectivity index (χ3v) is 3.83. The van der Waals surface area contributed by atoms with Gasteiger partial charge in [0.15, 0.2) is 5.16 Å². The number of hydrogen-bond acceptors (Lipinski definition) is 7. The summed E-state index contributed by atoms with van der Waals surface area (Å²) in [5.41, 5.74) is 5.78. The number of nitriles is 1. The standard InChI is InChI=1S/C11H16N6O2S/c1-8(9(18)16-3-5-19-6-4-16)17-10(13)14-15-11(17)20-7-2-12/h8H,3-7H2,1H3,(H2,13,14). The van der Waals surface area contributed by atoms with Gasteiger partial charge in [0.25, 0.3) is 0 Å². The Kier molecular flexibility index (Phi) is 4.81. The molecule has 0 aromatic carbocycles. The number of amides is 1. The van der Waals surface area contributed by atoms with Crippen LogP contribution in [0.1, 0.15) is 13.0 Å². The van der Waals surface area contributed by atoms with Gasteiger partial charge in [-0.05, 0) is 6.92 Å². The lowest BCUT2D eigenvalue weighted by Gasteiger charge is -2.29. The fourth-order valence-corrected chi connectivity index (χ4v) is 2.69. The third-order valence-electron chi connectivity index (χ3n) is 3.02. The van der Waals surface area contributed by atoms with E-state index >= 15 is 0 Å². The van der Waals surface area contributed by atoms with Gasteiger partial charge in [-0.15, -0.1) is 10.2 Å². The zero-order valence-corrected chi connectivity index (χ0v) is 12.0. The van der Waals surface area contributed by atoms with E-state index in [9.17, 15) is 4.79 Å². The highest BCUT2D eigenvalue weighted by atomic mass is 32.2. The number of anilines is 1. The van der Waals surface area contributed by atoms with Crippen LogP contribution in [0.4, 0.5) is 5.95 Å². The maximum atomic E-state index is 12.4. The number of thioether (sulfide) groups is 1. The Morgan fingerprint density at radius 1 is 1.55 bits per heavy atom. The second-order valence-corrected chi connectivity index (χ2v) is 5.21. The van der Waals surface area contributed by atoms with E-state index in [2.05, 4.69) is 10.2 Å². The molecule has 2 rings (SSSR count). The van der Waals surface area contributed by atoms with Gasteiger partial charge < -0.3 is 15.4 Å². The molecule has 0 radical (unpaired) electrons. The fraction of sp³-hybridized carbons (Fsp3) is 0.636. The van der Waals surface area contributed by atoms with Crippen LogP contribution in [-0.4, -0.2) is 57.6 Å². The summed E-state index contributed by atoms with van der Waals surface area (Å²) in [4.78, 5) is 14.2. The summed E-state index contributed by atoms with van der Waals surface area (Å²) >= 11 is 1.21. The molecule has 9 heteroatoms. The maximum absolute atomic E-state index is 12.4. The lowest BCUT2D eigenvalue weighted by atomic mass is 10.2. The van der Waals surface area contributed by atoms with Gasteiger partial charge in [-0.1, -0.05) is 11.8 Å². The molecule has 20 heavy (non-hydrogen) atoms. The van der Waals surface area contributed by atoms with E-state index in [1.165, 1.54) is 11.8 Å². The van der Waals surface area contributed by atoms with Crippen LogP contribution in [0.5, 0.6) is 0 Å². The molecule has 2 N–H and O–H groups in total. The minimum atomic E-state index is -0.496. The normalized spacial score (nSPS) is 16.7. The van der Waals surface area contributed by atoms with E-state index in [1.807, 2.05) is 6.07 Å². The Hall–Kier alpha value is -1.79. The van der Waals surface area contributed by atoms with Crippen molar-refractivity contribution in [1.82, 2.24) is 19.7 Å². The summed E-state index contributed by atoms with van der Waals surface area (Å²) in [5, 5.41) is 16.8. The Labute approximate surface area is 120 Å². The molecule has 1 aliphatic rings. The molecule has 1 aromatic rings. The quantitative estimate of drug-likeness (QED) is 0.772. The van der Waals surface area contributed by atoms with Crippen molar-refractivity contribution in [2.45, 2.75) is 18.1 Å². The molecule has 0 saturated carbocycles. The van der Waals surface area contributed by atoms with E-state index in [0.29, 0.717) is 31.5 Å². The van der Waals surface area contributed by atoms with Crippen molar-refractivity contribution in [2.75, 3.05) is 37.8 Å². The minimum absolute atomic E-state index is 0.0430. The van der Waals surface area contributed by atoms with Crippen molar-refractivity contribution in [3.8, 4) is 6.07 Å². The number of aromatic nitrogens is 3. The molecule has 0 aliphatic carbocycles. The molecule has 1 saturated heterocycles. The SMILES string of the molecule is CC(C(=O)N1CCOCC1)n1c(N)nnc1SCC#N. The van der Waals surface area contributed by atoms with Gasteiger partial charge in [-0.2, -0.15) is 5.26 Å². The summed E-state index contributed by atoms with van der Waals surface area (Å²) in [5.74, 6) is 0.370. The summed E-state index contributed by atoms with van der Waals surface area (Å²) in [6.07, 6.45) is 0. The van der Waals surface area contributed by atoms with E-state index in [0.717, 1.165) is 0 Å². The first-order valence-corrected chi connectivity index (χ1v) is 7.20. The van der Waals surface area contributed by atoms with Crippen LogP contribution in [-0.2, 0) is 9.53 Å². The molecule has 1 atom stereocenters. The molecular weight excluding hydrogens is 280 g/mol. The smallest absolute Gasteiger partial charge is 0.245 e. The predicted molar refractivity (Wildman–Crippen MR) is 72.9 cm³/mol. The number of hydrogen-bond donors (Lipinski definition) is 1. The highest BCUT2D eigenvalue weighted by Crippen LogP contribution is 2.24. The predicted octanol–water partition coefficient (Wildman–Crippen LogP) is -0.104. The van der Waals surface area contributed by atoms with Crippen LogP contribution in [0.3, 0.4) is 0 Å². The van der Waals surface area contributed by atoms with Crippen molar-refractivity contribution in [3.05, 3.63) is 0 Å². The lowest BCUT2D eigenvalue weighted by Crippen LogP contribution is -2.43. The second kappa shape index (κ2) is 6.58. The summed E-state index contributed by atoms with van der Waals surface area (Å²) in [7, 11) is 0. The molecule has 2 heterocycles. The molecule has 0 spiro atoms. The van der Waals surface area contributed by atoms with Gasteiger partial charge in [0.05, 0.1) is 25.0 Å². The van der Waals surface area contributed by atoms with Crippen molar-refractivity contribution >= 4 is 23.6 Å². The maximum Gasteiger partial charge on any atom is 0.245 e. The van der Waals surface area contributed by atoms with Gasteiger partial charge in [0, 0.05) is 13.1 Å². The van der Waals surface area contributed by atoms with E-state index in [4.69, 9.17) is 15.7 Å². The topological polar surface area (TPSA) is 110 Å². The zero-order chi connectivity index (χ0) is 14.5. The average Bonchev–Trinajstić information content (AvgIpc) is 2.85. The molecule has 8 nitrogen and oxygen atoms in total. The first-order valence-electron chi connectivity index (χ1n) is 6.21. The van der Waals surface area contributed by atoms with Gasteiger partial charge >= 0.3 is 0 Å². The molecular formula is C11H16N6O2S. The van der Waals surface area contributed by atoms with E-state index < -0.39 is 6.04 Å². The number of carbonyl (C=O) groups excluding carboxylic acids is 1. The van der Waals surface area contributed by atoms with Gasteiger partial charge in [-0.3, -0.25) is 9.36 Å². The summed E-state index contributed by atoms with van der Waals surface area (Å²) < 4.78 is 6.80. The van der Waals surface area contributed by atoms with Crippen molar-refractivity contribution in [2.24, 2.45) is 0 Å². The Bertz CT molecular complexity index is 519. The summed E-state index contributed by atoms with van der Waals surface area (Å²) in [6, 6.07) is 1.52. The van der Waals surface area contributed by atoms with Crippen molar-refractivity contribution in [1.29, 1.82) is 5.26 Å². The number of rotatable bonds is 4. The number of nitrogen functional groups attached to an aromatic ring is 1. The largest absolute Gasteiger partial charge is 0.378 e. The fourth-order valence-electron chi connectivity index (χ4n) is 2.01. The monoisotopic (exact) mass is 296 g/mol. The number of nitrogens with zero attached hydrogens (tertiary/aromatic N) is 5. The number of carbonyl (C=O) groups is 1. The van der Waals surface area contributed by atoms with Crippen LogP contribution in [0.15, 0.2) is 5.16 Å². The molecule has 1 fully saturated rings. The Balaban J connectivity index is 2.15. The van der Waals surface area contributed by atoms with Crippen LogP contribution in [0.25, 0.3) is 0 Å². The van der Waals surface area contributed by atoms with Crippen LogP contribution in [0.2, 0.25) is 0 Å².